The van der Waals surface area contributed by atoms with Crippen molar-refractivity contribution in [1.82, 2.24) is 14.5 Å². The van der Waals surface area contributed by atoms with Gasteiger partial charge in [0.2, 0.25) is 0 Å². The van der Waals surface area contributed by atoms with Gasteiger partial charge in [-0.05, 0) is 85.3 Å². The first-order chi connectivity index (χ1) is 24.3. The molecule has 0 saturated carbocycles. The summed E-state index contributed by atoms with van der Waals surface area (Å²) >= 11 is 0. The molecule has 0 bridgehead atoms. The van der Waals surface area contributed by atoms with Gasteiger partial charge in [-0.15, -0.1) is 0 Å². The molecule has 0 amide bonds. The van der Waals surface area contributed by atoms with Gasteiger partial charge in [0, 0.05) is 12.0 Å². The number of benzene rings is 7. The van der Waals surface area contributed by atoms with Gasteiger partial charge in [0.15, 0.2) is 0 Å². The molecule has 232 valence electrons. The summed E-state index contributed by atoms with van der Waals surface area (Å²) in [5.41, 5.74) is 12.4. The second-order valence-electron chi connectivity index (χ2n) is 12.5. The van der Waals surface area contributed by atoms with Crippen molar-refractivity contribution in [1.29, 1.82) is 0 Å². The van der Waals surface area contributed by atoms with Gasteiger partial charge >= 0.3 is 0 Å². The van der Waals surface area contributed by atoms with Crippen LogP contribution in [-0.2, 0) is 6.42 Å². The summed E-state index contributed by atoms with van der Waals surface area (Å²) in [4.78, 5) is 10.1. The van der Waals surface area contributed by atoms with Crippen LogP contribution in [0.4, 0.5) is 0 Å². The highest BCUT2D eigenvalue weighted by Crippen LogP contribution is 2.44. The molecule has 0 N–H and O–H groups in total. The van der Waals surface area contributed by atoms with Crippen LogP contribution in [0.2, 0.25) is 0 Å². The standard InChI is InChI=1S/C46H33N3/c1-2-44-48-41-19-11-12-20-43(41)49(44)36-26-28-42(47-30-36)46-38-18-10-9-17-37(38)45(34-23-21-33(22-24-34)31-13-5-3-6-14-31)39-27-25-35(29-40(39)46)32-15-7-4-8-16-32/h3-30H,2H2,1H3. The molecule has 9 rings (SSSR count). The predicted molar refractivity (Wildman–Crippen MR) is 205 cm³/mol. The Bertz CT molecular complexity index is 2600. The lowest BCUT2D eigenvalue weighted by Gasteiger charge is -2.19. The first kappa shape index (κ1) is 28.9. The Kier molecular flexibility index (Phi) is 7.09. The maximum Gasteiger partial charge on any atom is 0.114 e. The van der Waals surface area contributed by atoms with Crippen LogP contribution in [0.25, 0.3) is 82.9 Å². The fraction of sp³-hybridized carbons (Fsp3) is 0.0435. The Labute approximate surface area is 285 Å². The normalized spacial score (nSPS) is 11.4. The summed E-state index contributed by atoms with van der Waals surface area (Å²) in [5, 5.41) is 4.79. The summed E-state index contributed by atoms with van der Waals surface area (Å²) in [6.45, 7) is 2.15. The zero-order valence-corrected chi connectivity index (χ0v) is 27.2. The molecule has 0 radical (unpaired) electrons. The van der Waals surface area contributed by atoms with Crippen molar-refractivity contribution in [2.45, 2.75) is 13.3 Å². The van der Waals surface area contributed by atoms with E-state index in [9.17, 15) is 0 Å². The molecule has 3 nitrogen and oxygen atoms in total. The fourth-order valence-corrected chi connectivity index (χ4v) is 7.30. The number of nitrogens with zero attached hydrogens (tertiary/aromatic N) is 3. The summed E-state index contributed by atoms with van der Waals surface area (Å²) in [5.74, 6) is 1.03. The number of fused-ring (bicyclic) bond motifs is 3. The zero-order valence-electron chi connectivity index (χ0n) is 27.2. The fourth-order valence-electron chi connectivity index (χ4n) is 7.30. The van der Waals surface area contributed by atoms with Gasteiger partial charge in [0.05, 0.1) is 28.6 Å². The third-order valence-corrected chi connectivity index (χ3v) is 9.62. The van der Waals surface area contributed by atoms with E-state index in [1.165, 1.54) is 54.9 Å². The smallest absolute Gasteiger partial charge is 0.114 e. The van der Waals surface area contributed by atoms with Crippen molar-refractivity contribution in [2.75, 3.05) is 0 Å². The molecule has 7 aromatic carbocycles. The van der Waals surface area contributed by atoms with E-state index in [0.29, 0.717) is 0 Å². The van der Waals surface area contributed by atoms with Gasteiger partial charge in [0.25, 0.3) is 0 Å². The maximum absolute atomic E-state index is 5.19. The van der Waals surface area contributed by atoms with E-state index < -0.39 is 0 Å². The third kappa shape index (κ3) is 4.99. The Morgan fingerprint density at radius 3 is 1.73 bits per heavy atom. The average molecular weight is 628 g/mol. The van der Waals surface area contributed by atoms with E-state index in [0.717, 1.165) is 40.2 Å². The number of rotatable bonds is 6. The number of para-hydroxylation sites is 2. The second kappa shape index (κ2) is 12.0. The van der Waals surface area contributed by atoms with E-state index in [2.05, 4.69) is 169 Å². The van der Waals surface area contributed by atoms with Crippen LogP contribution in [0.15, 0.2) is 170 Å². The lowest BCUT2D eigenvalue weighted by molar-refractivity contribution is 0.904. The molecule has 2 aromatic heterocycles. The largest absolute Gasteiger partial charge is 0.295 e. The van der Waals surface area contributed by atoms with Crippen LogP contribution in [0.5, 0.6) is 0 Å². The molecular formula is C46H33N3. The molecule has 0 aliphatic heterocycles. The van der Waals surface area contributed by atoms with E-state index in [1.54, 1.807) is 0 Å². The molecule has 0 spiro atoms. The monoisotopic (exact) mass is 627 g/mol. The topological polar surface area (TPSA) is 30.7 Å². The van der Waals surface area contributed by atoms with Crippen LogP contribution in [-0.4, -0.2) is 14.5 Å². The number of aromatic nitrogens is 3. The molecule has 3 heteroatoms. The summed E-state index contributed by atoms with van der Waals surface area (Å²) in [6, 6.07) is 58.6. The Morgan fingerprint density at radius 2 is 1.04 bits per heavy atom. The first-order valence-electron chi connectivity index (χ1n) is 16.9. The highest BCUT2D eigenvalue weighted by molar-refractivity contribution is 6.21. The zero-order chi connectivity index (χ0) is 32.7. The lowest BCUT2D eigenvalue weighted by Crippen LogP contribution is -2.01. The van der Waals surface area contributed by atoms with E-state index in [1.807, 2.05) is 12.3 Å². The molecule has 0 aliphatic carbocycles. The van der Waals surface area contributed by atoms with Gasteiger partial charge in [0.1, 0.15) is 5.82 Å². The lowest BCUT2D eigenvalue weighted by atomic mass is 9.85. The first-order valence-corrected chi connectivity index (χ1v) is 16.9. The number of imidazole rings is 1. The van der Waals surface area contributed by atoms with Crippen LogP contribution >= 0.6 is 0 Å². The second-order valence-corrected chi connectivity index (χ2v) is 12.5. The molecule has 0 aliphatic rings. The van der Waals surface area contributed by atoms with Crippen LogP contribution in [0.3, 0.4) is 0 Å². The van der Waals surface area contributed by atoms with E-state index in [4.69, 9.17) is 9.97 Å². The summed E-state index contributed by atoms with van der Waals surface area (Å²) < 4.78 is 2.23. The highest BCUT2D eigenvalue weighted by atomic mass is 15.1. The van der Waals surface area contributed by atoms with Gasteiger partial charge in [-0.2, -0.15) is 0 Å². The Hall–Kier alpha value is -6.32. The van der Waals surface area contributed by atoms with Crippen molar-refractivity contribution in [2.24, 2.45) is 0 Å². The number of hydrogen-bond donors (Lipinski definition) is 0. The molecule has 0 atom stereocenters. The predicted octanol–water partition coefficient (Wildman–Crippen LogP) is 12.0. The molecular weight excluding hydrogens is 595 g/mol. The van der Waals surface area contributed by atoms with Crippen molar-refractivity contribution in [3.05, 3.63) is 176 Å². The minimum Gasteiger partial charge on any atom is -0.295 e. The molecule has 0 saturated heterocycles. The average Bonchev–Trinajstić information content (AvgIpc) is 3.56. The van der Waals surface area contributed by atoms with Crippen LogP contribution < -0.4 is 0 Å². The van der Waals surface area contributed by atoms with Crippen molar-refractivity contribution >= 4 is 32.6 Å². The number of aryl methyl sites for hydroxylation is 1. The Morgan fingerprint density at radius 1 is 0.469 bits per heavy atom. The highest BCUT2D eigenvalue weighted by Gasteiger charge is 2.19. The molecule has 49 heavy (non-hydrogen) atoms. The molecule has 2 heterocycles. The van der Waals surface area contributed by atoms with Crippen molar-refractivity contribution in [3.63, 3.8) is 0 Å². The van der Waals surface area contributed by atoms with Crippen molar-refractivity contribution < 1.29 is 0 Å². The molecule has 0 fully saturated rings. The SMILES string of the molecule is CCc1nc2ccccc2n1-c1ccc(-c2c3ccccc3c(-c3ccc(-c4ccccc4)cc3)c3ccc(-c4ccccc4)cc23)nc1. The summed E-state index contributed by atoms with van der Waals surface area (Å²) in [7, 11) is 0. The van der Waals surface area contributed by atoms with E-state index >= 15 is 0 Å². The van der Waals surface area contributed by atoms with E-state index in [-0.39, 0.29) is 0 Å². The quantitative estimate of drug-likeness (QED) is 0.172. The third-order valence-electron chi connectivity index (χ3n) is 9.62. The Balaban J connectivity index is 1.27. The minimum atomic E-state index is 0.835. The number of hydrogen-bond acceptors (Lipinski definition) is 2. The number of pyridine rings is 1. The minimum absolute atomic E-state index is 0.835. The maximum atomic E-state index is 5.19. The van der Waals surface area contributed by atoms with Gasteiger partial charge < -0.3 is 0 Å². The van der Waals surface area contributed by atoms with Crippen LogP contribution in [0.1, 0.15) is 12.7 Å². The van der Waals surface area contributed by atoms with Gasteiger partial charge in [-0.1, -0.05) is 140 Å². The van der Waals surface area contributed by atoms with Gasteiger partial charge in [-0.3, -0.25) is 9.55 Å². The molecule has 9 aromatic rings. The van der Waals surface area contributed by atoms with Crippen molar-refractivity contribution in [3.8, 4) is 50.3 Å². The van der Waals surface area contributed by atoms with Crippen LogP contribution in [0, 0.1) is 0 Å². The molecule has 0 unspecified atom stereocenters. The van der Waals surface area contributed by atoms with Gasteiger partial charge in [-0.25, -0.2) is 4.98 Å². The summed E-state index contributed by atoms with van der Waals surface area (Å²) in [6.07, 6.45) is 2.84.